The van der Waals surface area contributed by atoms with Gasteiger partial charge in [0.25, 0.3) is 15.9 Å². The summed E-state index contributed by atoms with van der Waals surface area (Å²) in [4.78, 5) is 13.0. The minimum Gasteiger partial charge on any atom is -0.348 e. The van der Waals surface area contributed by atoms with Crippen molar-refractivity contribution in [2.45, 2.75) is 11.4 Å². The highest BCUT2D eigenvalue weighted by Gasteiger charge is 2.34. The molecule has 0 fully saturated rings. The maximum atomic E-state index is 13.0. The highest BCUT2D eigenvalue weighted by atomic mass is 35.5. The second kappa shape index (κ2) is 7.97. The van der Waals surface area contributed by atoms with E-state index >= 15 is 0 Å². The Morgan fingerprint density at radius 1 is 1.03 bits per heavy atom. The lowest BCUT2D eigenvalue weighted by molar-refractivity contribution is 0.0951. The monoisotopic (exact) mass is 438 g/mol. The van der Waals surface area contributed by atoms with Gasteiger partial charge in [0.15, 0.2) is 0 Å². The molecule has 0 spiro atoms. The van der Waals surface area contributed by atoms with Gasteiger partial charge in [-0.3, -0.25) is 9.10 Å². The average Bonchev–Trinajstić information content (AvgIpc) is 2.76. The van der Waals surface area contributed by atoms with Crippen molar-refractivity contribution in [3.8, 4) is 11.1 Å². The summed E-state index contributed by atoms with van der Waals surface area (Å²) in [5, 5.41) is 3.52. The predicted octanol–water partition coefficient (Wildman–Crippen LogP) is 4.63. The number of hydrogen-bond donors (Lipinski definition) is 1. The molecule has 1 heterocycles. The molecule has 0 aliphatic carbocycles. The molecule has 3 aromatic rings. The Kier molecular flexibility index (Phi) is 5.37. The number of carbonyl (C=O) groups excluding carboxylic acids is 1. The van der Waals surface area contributed by atoms with Crippen molar-refractivity contribution in [1.29, 1.82) is 0 Å². The summed E-state index contributed by atoms with van der Waals surface area (Å²) < 4.78 is 27.4. The molecular formula is C23H19ClN2O3S. The van der Waals surface area contributed by atoms with Crippen LogP contribution in [0, 0.1) is 0 Å². The average molecular weight is 439 g/mol. The first-order valence-electron chi connectivity index (χ1n) is 9.31. The van der Waals surface area contributed by atoms with Gasteiger partial charge in [0.2, 0.25) is 0 Å². The van der Waals surface area contributed by atoms with Crippen molar-refractivity contribution in [3.05, 3.63) is 95.5 Å². The third kappa shape index (κ3) is 3.60. The topological polar surface area (TPSA) is 66.5 Å². The molecule has 1 aliphatic heterocycles. The Morgan fingerprint density at radius 3 is 2.50 bits per heavy atom. The Hall–Kier alpha value is -3.09. The van der Waals surface area contributed by atoms with Crippen LogP contribution >= 0.6 is 11.6 Å². The number of rotatable bonds is 5. The minimum absolute atomic E-state index is 0.145. The van der Waals surface area contributed by atoms with Crippen LogP contribution in [0.5, 0.6) is 0 Å². The van der Waals surface area contributed by atoms with Crippen LogP contribution in [0.3, 0.4) is 0 Å². The number of anilines is 1. The van der Waals surface area contributed by atoms with E-state index in [1.165, 1.54) is 4.31 Å². The molecule has 0 bridgehead atoms. The number of hydrogen-bond acceptors (Lipinski definition) is 3. The highest BCUT2D eigenvalue weighted by Crippen LogP contribution is 2.43. The van der Waals surface area contributed by atoms with Crippen LogP contribution in [0.15, 0.2) is 84.3 Å². The molecule has 3 aromatic carbocycles. The Labute approximate surface area is 180 Å². The van der Waals surface area contributed by atoms with E-state index in [-0.39, 0.29) is 17.3 Å². The van der Waals surface area contributed by atoms with E-state index in [4.69, 9.17) is 11.6 Å². The molecule has 0 saturated carbocycles. The molecule has 0 unspecified atom stereocenters. The van der Waals surface area contributed by atoms with Crippen molar-refractivity contribution in [2.75, 3.05) is 10.8 Å². The molecule has 152 valence electrons. The van der Waals surface area contributed by atoms with Gasteiger partial charge in [0.1, 0.15) is 0 Å². The fourth-order valence-electron chi connectivity index (χ4n) is 3.47. The molecular weight excluding hydrogens is 420 g/mol. The number of nitrogens with one attached hydrogen (secondary N) is 1. The molecule has 0 saturated heterocycles. The smallest absolute Gasteiger partial charge is 0.265 e. The number of fused-ring (bicyclic) bond motifs is 3. The molecule has 4 rings (SSSR count). The molecule has 5 nitrogen and oxygen atoms in total. The van der Waals surface area contributed by atoms with Crippen molar-refractivity contribution in [2.24, 2.45) is 0 Å². The fourth-order valence-corrected chi connectivity index (χ4v) is 5.26. The van der Waals surface area contributed by atoms with Crippen LogP contribution in [0.2, 0.25) is 5.02 Å². The lowest BCUT2D eigenvalue weighted by atomic mass is 10.00. The van der Waals surface area contributed by atoms with Gasteiger partial charge in [-0.25, -0.2) is 8.42 Å². The zero-order valence-corrected chi connectivity index (χ0v) is 17.6. The van der Waals surface area contributed by atoms with Crippen molar-refractivity contribution in [1.82, 2.24) is 5.32 Å². The first-order valence-corrected chi connectivity index (χ1v) is 11.1. The normalized spacial score (nSPS) is 13.8. The summed E-state index contributed by atoms with van der Waals surface area (Å²) in [5.41, 5.74) is 3.19. The summed E-state index contributed by atoms with van der Waals surface area (Å²) in [6, 6.07) is 19.1. The van der Waals surface area contributed by atoms with Gasteiger partial charge in [0, 0.05) is 28.3 Å². The van der Waals surface area contributed by atoms with E-state index in [2.05, 4.69) is 11.9 Å². The quantitative estimate of drug-likeness (QED) is 0.590. The third-order valence-electron chi connectivity index (χ3n) is 4.93. The maximum absolute atomic E-state index is 13.0. The summed E-state index contributed by atoms with van der Waals surface area (Å²) in [7, 11) is -3.69. The Bertz CT molecular complexity index is 1240. The number of benzene rings is 3. The molecule has 7 heteroatoms. The van der Waals surface area contributed by atoms with Crippen LogP contribution in [0.4, 0.5) is 5.69 Å². The third-order valence-corrected chi connectivity index (χ3v) is 7.02. The largest absolute Gasteiger partial charge is 0.348 e. The van der Waals surface area contributed by atoms with Gasteiger partial charge >= 0.3 is 0 Å². The number of halogens is 1. The number of sulfonamides is 1. The van der Waals surface area contributed by atoms with Crippen LogP contribution in [-0.4, -0.2) is 20.9 Å². The predicted molar refractivity (Wildman–Crippen MR) is 119 cm³/mol. The van der Waals surface area contributed by atoms with Gasteiger partial charge in [-0.15, -0.1) is 6.58 Å². The summed E-state index contributed by atoms with van der Waals surface area (Å²) in [6.45, 7) is 4.18. The van der Waals surface area contributed by atoms with Crippen molar-refractivity contribution in [3.63, 3.8) is 0 Å². The molecule has 1 N–H and O–H groups in total. The molecule has 0 atom stereocenters. The maximum Gasteiger partial charge on any atom is 0.265 e. The van der Waals surface area contributed by atoms with E-state index in [1.807, 2.05) is 12.1 Å². The van der Waals surface area contributed by atoms with Gasteiger partial charge < -0.3 is 5.32 Å². The summed E-state index contributed by atoms with van der Waals surface area (Å²) in [6.07, 6.45) is 1.54. The molecule has 30 heavy (non-hydrogen) atoms. The van der Waals surface area contributed by atoms with E-state index < -0.39 is 10.0 Å². The van der Waals surface area contributed by atoms with Gasteiger partial charge in [0.05, 0.1) is 17.1 Å². The summed E-state index contributed by atoms with van der Waals surface area (Å²) in [5.74, 6) is -0.242. The van der Waals surface area contributed by atoms with Crippen LogP contribution < -0.4 is 9.62 Å². The Morgan fingerprint density at radius 2 is 1.77 bits per heavy atom. The number of nitrogens with zero attached hydrogens (tertiary/aromatic N) is 1. The molecule has 0 aromatic heterocycles. The lowest BCUT2D eigenvalue weighted by Crippen LogP contribution is -2.34. The zero-order valence-electron chi connectivity index (χ0n) is 16.0. The van der Waals surface area contributed by atoms with E-state index in [9.17, 15) is 13.2 Å². The molecule has 1 aliphatic rings. The van der Waals surface area contributed by atoms with E-state index in [0.717, 1.165) is 5.56 Å². The van der Waals surface area contributed by atoms with Crippen LogP contribution in [-0.2, 0) is 16.6 Å². The van der Waals surface area contributed by atoms with Crippen LogP contribution in [0.25, 0.3) is 11.1 Å². The SMILES string of the molecule is C=CCN1c2ccc(C(=O)NCc3ccc(Cl)cc3)cc2-c2ccccc2S1(=O)=O. The summed E-state index contributed by atoms with van der Waals surface area (Å²) >= 11 is 5.89. The lowest BCUT2D eigenvalue weighted by Gasteiger charge is -2.31. The molecule has 1 amide bonds. The van der Waals surface area contributed by atoms with Gasteiger partial charge in [-0.1, -0.05) is 48.0 Å². The minimum atomic E-state index is -3.69. The second-order valence-electron chi connectivity index (χ2n) is 6.86. The zero-order chi connectivity index (χ0) is 21.3. The number of carbonyl (C=O) groups is 1. The first kappa shape index (κ1) is 20.2. The Balaban J connectivity index is 1.69. The van der Waals surface area contributed by atoms with Crippen LogP contribution in [0.1, 0.15) is 15.9 Å². The molecule has 0 radical (unpaired) electrons. The fraction of sp³-hybridized carbons (Fsp3) is 0.0870. The van der Waals surface area contributed by atoms with Gasteiger partial charge in [-0.2, -0.15) is 0 Å². The number of amides is 1. The standard InChI is InChI=1S/C23H19ClN2O3S/c1-2-13-26-21-12-9-17(23(27)25-15-16-7-10-18(24)11-8-16)14-20(21)19-5-3-4-6-22(19)30(26,28)29/h2-12,14H,1,13,15H2,(H,25,27). The van der Waals surface area contributed by atoms with Gasteiger partial charge in [-0.05, 0) is 42.0 Å². The van der Waals surface area contributed by atoms with Crippen molar-refractivity contribution >= 4 is 33.2 Å². The first-order chi connectivity index (χ1) is 14.4. The van der Waals surface area contributed by atoms with E-state index in [1.54, 1.807) is 60.7 Å². The van der Waals surface area contributed by atoms with Crippen molar-refractivity contribution < 1.29 is 13.2 Å². The second-order valence-corrected chi connectivity index (χ2v) is 9.13. The highest BCUT2D eigenvalue weighted by molar-refractivity contribution is 7.93. The van der Waals surface area contributed by atoms with E-state index in [0.29, 0.717) is 33.9 Å².